The van der Waals surface area contributed by atoms with Gasteiger partial charge in [0, 0.05) is 28.9 Å². The van der Waals surface area contributed by atoms with Gasteiger partial charge in [-0.2, -0.15) is 0 Å². The summed E-state index contributed by atoms with van der Waals surface area (Å²) >= 11 is 5.87. The largest absolute Gasteiger partial charge is 0.366 e. The van der Waals surface area contributed by atoms with E-state index < -0.39 is 17.5 Å². The minimum absolute atomic E-state index is 0.0562. The Balaban J connectivity index is 2.15. The van der Waals surface area contributed by atoms with Gasteiger partial charge in [0.1, 0.15) is 11.5 Å². The van der Waals surface area contributed by atoms with Crippen molar-refractivity contribution in [2.45, 2.75) is 0 Å². The highest BCUT2D eigenvalue weighted by molar-refractivity contribution is 6.31. The molecule has 0 radical (unpaired) electrons. The molecule has 3 N–H and O–H groups in total. The molecule has 0 saturated carbocycles. The number of carbonyl (C=O) groups excluding carboxylic acids is 2. The van der Waals surface area contributed by atoms with E-state index in [4.69, 9.17) is 17.3 Å². The molecule has 1 amide bonds. The van der Waals surface area contributed by atoms with Crippen molar-refractivity contribution in [1.29, 1.82) is 0 Å². The molecule has 110 valence electrons. The molecule has 7 heteroatoms. The first kappa shape index (κ1) is 14.2. The van der Waals surface area contributed by atoms with Gasteiger partial charge in [0.25, 0.3) is 0 Å². The summed E-state index contributed by atoms with van der Waals surface area (Å²) in [6.45, 7) is 0. The number of rotatable bonds is 3. The molecule has 1 aromatic carbocycles. The number of benzene rings is 1. The maximum absolute atomic E-state index is 13.9. The number of ketones is 1. The van der Waals surface area contributed by atoms with E-state index in [-0.39, 0.29) is 16.7 Å². The molecule has 22 heavy (non-hydrogen) atoms. The van der Waals surface area contributed by atoms with Crippen LogP contribution >= 0.6 is 11.6 Å². The summed E-state index contributed by atoms with van der Waals surface area (Å²) in [6, 6.07) is 4.95. The third kappa shape index (κ3) is 2.33. The standard InChI is InChI=1S/C15H9ClFN3O2/c16-8-4-9-11(6-20-15(9)19-5-8)13(21)10-3-7(14(18)22)1-2-12(10)17/h1-6H,(H2,18,22)(H,19,20). The minimum atomic E-state index is -0.738. The summed E-state index contributed by atoms with van der Waals surface area (Å²) in [7, 11) is 0. The third-order valence-electron chi connectivity index (χ3n) is 3.24. The maximum Gasteiger partial charge on any atom is 0.248 e. The monoisotopic (exact) mass is 317 g/mol. The molecule has 0 aliphatic heterocycles. The molecule has 0 bridgehead atoms. The topological polar surface area (TPSA) is 88.8 Å². The summed E-state index contributed by atoms with van der Waals surface area (Å²) in [5.41, 5.74) is 5.64. The lowest BCUT2D eigenvalue weighted by Crippen LogP contribution is -2.13. The molecule has 5 nitrogen and oxygen atoms in total. The van der Waals surface area contributed by atoms with Crippen molar-refractivity contribution >= 4 is 34.3 Å². The first-order chi connectivity index (χ1) is 10.5. The summed E-state index contributed by atoms with van der Waals surface area (Å²) in [4.78, 5) is 30.6. The van der Waals surface area contributed by atoms with Crippen molar-refractivity contribution in [3.8, 4) is 0 Å². The fraction of sp³-hybridized carbons (Fsp3) is 0. The second kappa shape index (κ2) is 5.23. The van der Waals surface area contributed by atoms with Crippen LogP contribution in [0.4, 0.5) is 4.39 Å². The number of fused-ring (bicyclic) bond motifs is 1. The van der Waals surface area contributed by atoms with Gasteiger partial charge >= 0.3 is 0 Å². The molecule has 0 aliphatic carbocycles. The molecule has 0 aliphatic rings. The van der Waals surface area contributed by atoms with Crippen LogP contribution in [0, 0.1) is 5.82 Å². The van der Waals surface area contributed by atoms with Crippen molar-refractivity contribution in [3.05, 3.63) is 64.2 Å². The van der Waals surface area contributed by atoms with Gasteiger partial charge in [-0.05, 0) is 24.3 Å². The summed E-state index contributed by atoms with van der Waals surface area (Å²) in [5, 5.41) is 0.828. The van der Waals surface area contributed by atoms with Crippen molar-refractivity contribution in [1.82, 2.24) is 9.97 Å². The fourth-order valence-corrected chi connectivity index (χ4v) is 2.32. The van der Waals surface area contributed by atoms with Gasteiger partial charge in [-0.1, -0.05) is 11.6 Å². The summed E-state index contributed by atoms with van der Waals surface area (Å²) < 4.78 is 13.9. The first-order valence-electron chi connectivity index (χ1n) is 6.24. The highest BCUT2D eigenvalue weighted by Gasteiger charge is 2.19. The van der Waals surface area contributed by atoms with E-state index in [9.17, 15) is 14.0 Å². The van der Waals surface area contributed by atoms with Crippen LogP contribution in [-0.2, 0) is 0 Å². The van der Waals surface area contributed by atoms with E-state index in [0.717, 1.165) is 12.1 Å². The highest BCUT2D eigenvalue weighted by Crippen LogP contribution is 2.24. The number of halogens is 2. The number of nitrogens with two attached hydrogens (primary N) is 1. The third-order valence-corrected chi connectivity index (χ3v) is 3.44. The number of nitrogens with zero attached hydrogens (tertiary/aromatic N) is 1. The number of primary amides is 1. The molecule has 0 fully saturated rings. The van der Waals surface area contributed by atoms with E-state index in [1.54, 1.807) is 6.07 Å². The molecule has 0 atom stereocenters. The molecule has 3 rings (SSSR count). The maximum atomic E-state index is 13.9. The molecule has 2 heterocycles. The quantitative estimate of drug-likeness (QED) is 0.728. The van der Waals surface area contributed by atoms with E-state index in [1.165, 1.54) is 18.5 Å². The van der Waals surface area contributed by atoms with Crippen LogP contribution in [0.1, 0.15) is 26.3 Å². The van der Waals surface area contributed by atoms with Crippen LogP contribution in [0.25, 0.3) is 11.0 Å². The number of hydrogen-bond donors (Lipinski definition) is 2. The average Bonchev–Trinajstić information content (AvgIpc) is 2.89. The van der Waals surface area contributed by atoms with Gasteiger partial charge in [-0.25, -0.2) is 9.37 Å². The number of carbonyl (C=O) groups is 2. The first-order valence-corrected chi connectivity index (χ1v) is 6.62. The lowest BCUT2D eigenvalue weighted by atomic mass is 10.0. The van der Waals surface area contributed by atoms with Crippen molar-refractivity contribution in [2.24, 2.45) is 5.73 Å². The zero-order chi connectivity index (χ0) is 15.9. The molecular formula is C15H9ClFN3O2. The lowest BCUT2D eigenvalue weighted by molar-refractivity contribution is 0.1000. The average molecular weight is 318 g/mol. The van der Waals surface area contributed by atoms with Gasteiger partial charge in [0.05, 0.1) is 10.6 Å². The number of aromatic amines is 1. The Morgan fingerprint density at radius 3 is 2.73 bits per heavy atom. The minimum Gasteiger partial charge on any atom is -0.366 e. The van der Waals surface area contributed by atoms with E-state index in [2.05, 4.69) is 9.97 Å². The Morgan fingerprint density at radius 1 is 1.23 bits per heavy atom. The van der Waals surface area contributed by atoms with Crippen molar-refractivity contribution in [2.75, 3.05) is 0 Å². The van der Waals surface area contributed by atoms with Gasteiger partial charge in [-0.15, -0.1) is 0 Å². The van der Waals surface area contributed by atoms with Crippen LogP contribution in [0.3, 0.4) is 0 Å². The number of nitrogens with one attached hydrogen (secondary N) is 1. The van der Waals surface area contributed by atoms with Crippen molar-refractivity contribution < 1.29 is 14.0 Å². The predicted octanol–water partition coefficient (Wildman–Crippen LogP) is 2.69. The van der Waals surface area contributed by atoms with Crippen LogP contribution in [0.2, 0.25) is 5.02 Å². The molecule has 0 spiro atoms. The number of pyridine rings is 1. The zero-order valence-electron chi connectivity index (χ0n) is 11.1. The second-order valence-electron chi connectivity index (χ2n) is 4.64. The zero-order valence-corrected chi connectivity index (χ0v) is 11.8. The number of amides is 1. The normalized spacial score (nSPS) is 10.8. The summed E-state index contributed by atoms with van der Waals surface area (Å²) in [6.07, 6.45) is 2.86. The van der Waals surface area contributed by atoms with Gasteiger partial charge < -0.3 is 10.7 Å². The van der Waals surface area contributed by atoms with Crippen LogP contribution in [0.5, 0.6) is 0 Å². The SMILES string of the molecule is NC(=O)c1ccc(F)c(C(=O)c2c[nH]c3ncc(Cl)cc23)c1. The Hall–Kier alpha value is -2.73. The molecule has 0 unspecified atom stereocenters. The Labute approximate surface area is 128 Å². The number of aromatic nitrogens is 2. The smallest absolute Gasteiger partial charge is 0.248 e. The van der Waals surface area contributed by atoms with Crippen LogP contribution < -0.4 is 5.73 Å². The van der Waals surface area contributed by atoms with Crippen LogP contribution in [0.15, 0.2) is 36.7 Å². The second-order valence-corrected chi connectivity index (χ2v) is 5.08. The predicted molar refractivity (Wildman–Crippen MR) is 79.5 cm³/mol. The lowest BCUT2D eigenvalue weighted by Gasteiger charge is -2.04. The Bertz CT molecular complexity index is 920. The Kier molecular flexibility index (Phi) is 3.38. The molecule has 3 aromatic rings. The molecule has 2 aromatic heterocycles. The number of hydrogen-bond acceptors (Lipinski definition) is 3. The number of H-pyrrole nitrogens is 1. The van der Waals surface area contributed by atoms with E-state index in [1.807, 2.05) is 0 Å². The van der Waals surface area contributed by atoms with Crippen LogP contribution in [-0.4, -0.2) is 21.7 Å². The van der Waals surface area contributed by atoms with Gasteiger partial charge in [-0.3, -0.25) is 9.59 Å². The Morgan fingerprint density at radius 2 is 2.00 bits per heavy atom. The van der Waals surface area contributed by atoms with E-state index in [0.29, 0.717) is 16.1 Å². The van der Waals surface area contributed by atoms with Crippen molar-refractivity contribution in [3.63, 3.8) is 0 Å². The summed E-state index contributed by atoms with van der Waals surface area (Å²) in [5.74, 6) is -2.06. The fourth-order valence-electron chi connectivity index (χ4n) is 2.16. The molecular weight excluding hydrogens is 309 g/mol. The van der Waals surface area contributed by atoms with E-state index >= 15 is 0 Å². The molecule has 0 saturated heterocycles. The highest BCUT2D eigenvalue weighted by atomic mass is 35.5. The van der Waals surface area contributed by atoms with Gasteiger partial charge in [0.2, 0.25) is 5.91 Å². The van der Waals surface area contributed by atoms with Gasteiger partial charge in [0.15, 0.2) is 5.78 Å².